The molecule has 0 radical (unpaired) electrons. The molecule has 3 aromatic rings. The van der Waals surface area contributed by atoms with Crippen LogP contribution in [0.3, 0.4) is 0 Å². The van der Waals surface area contributed by atoms with Gasteiger partial charge in [-0.3, -0.25) is 9.10 Å². The number of carbonyl (C=O) groups is 1. The molecule has 1 aliphatic heterocycles. The molecule has 4 rings (SSSR count). The van der Waals surface area contributed by atoms with E-state index in [-0.39, 0.29) is 12.5 Å². The number of hydrogen-bond donors (Lipinski definition) is 1. The number of nitrogens with one attached hydrogen (secondary N) is 1. The Morgan fingerprint density at radius 3 is 2.69 bits per heavy atom. The molecule has 0 spiro atoms. The van der Waals surface area contributed by atoms with Crippen molar-refractivity contribution in [1.82, 2.24) is 5.32 Å². The van der Waals surface area contributed by atoms with Crippen molar-refractivity contribution in [3.8, 4) is 5.75 Å². The Morgan fingerprint density at radius 1 is 1.14 bits per heavy atom. The Morgan fingerprint density at radius 2 is 1.90 bits per heavy atom. The standard InChI is InChI=1S/C22H22N2O4S/c1-15-10-11-19-20(12-15)28-21(14-24(19)29(2,26)27)22(25)23-13-17-8-5-7-16-6-3-4-9-18(16)17/h3-12,21H,13-14H2,1-2H3,(H,23,25)/t21-/m1/s1. The first-order valence-corrected chi connectivity index (χ1v) is 11.2. The highest BCUT2D eigenvalue weighted by Gasteiger charge is 2.35. The van der Waals surface area contributed by atoms with Gasteiger partial charge >= 0.3 is 0 Å². The Balaban J connectivity index is 1.56. The average Bonchev–Trinajstić information content (AvgIpc) is 2.70. The Bertz CT molecular complexity index is 1190. The average molecular weight is 410 g/mol. The van der Waals surface area contributed by atoms with Crippen LogP contribution in [0.4, 0.5) is 5.69 Å². The maximum atomic E-state index is 12.8. The van der Waals surface area contributed by atoms with Crippen molar-refractivity contribution < 1.29 is 17.9 Å². The van der Waals surface area contributed by atoms with Gasteiger partial charge in [0.1, 0.15) is 5.75 Å². The van der Waals surface area contributed by atoms with Crippen LogP contribution in [-0.2, 0) is 21.4 Å². The van der Waals surface area contributed by atoms with Crippen LogP contribution in [0.5, 0.6) is 5.75 Å². The molecule has 1 atom stereocenters. The lowest BCUT2D eigenvalue weighted by Gasteiger charge is -2.34. The maximum Gasteiger partial charge on any atom is 0.263 e. The Kier molecular flexibility index (Phi) is 4.92. The van der Waals surface area contributed by atoms with E-state index in [0.29, 0.717) is 18.0 Å². The zero-order chi connectivity index (χ0) is 20.6. The topological polar surface area (TPSA) is 75.7 Å². The van der Waals surface area contributed by atoms with E-state index in [2.05, 4.69) is 5.32 Å². The van der Waals surface area contributed by atoms with Crippen LogP contribution < -0.4 is 14.4 Å². The van der Waals surface area contributed by atoms with Crippen LogP contribution in [0.25, 0.3) is 10.8 Å². The van der Waals surface area contributed by atoms with Gasteiger partial charge in [0.25, 0.3) is 5.91 Å². The lowest BCUT2D eigenvalue weighted by Crippen LogP contribution is -2.50. The third kappa shape index (κ3) is 3.91. The number of ether oxygens (including phenoxy) is 1. The van der Waals surface area contributed by atoms with Crippen LogP contribution in [0.15, 0.2) is 60.7 Å². The van der Waals surface area contributed by atoms with Gasteiger partial charge in [0.05, 0.1) is 18.5 Å². The van der Waals surface area contributed by atoms with Crippen molar-refractivity contribution in [2.75, 3.05) is 17.1 Å². The zero-order valence-corrected chi connectivity index (χ0v) is 17.1. The second-order valence-corrected chi connectivity index (χ2v) is 9.13. The van der Waals surface area contributed by atoms with Crippen molar-refractivity contribution in [2.24, 2.45) is 0 Å². The molecule has 150 valence electrons. The molecule has 0 fully saturated rings. The van der Waals surface area contributed by atoms with Crippen molar-refractivity contribution in [3.05, 3.63) is 71.8 Å². The summed E-state index contributed by atoms with van der Waals surface area (Å²) in [6.07, 6.45) is 0.210. The monoisotopic (exact) mass is 410 g/mol. The number of anilines is 1. The summed E-state index contributed by atoms with van der Waals surface area (Å²) in [4.78, 5) is 12.8. The van der Waals surface area contributed by atoms with Crippen molar-refractivity contribution in [2.45, 2.75) is 19.6 Å². The van der Waals surface area contributed by atoms with E-state index < -0.39 is 16.1 Å². The molecule has 0 unspecified atom stereocenters. The molecule has 1 N–H and O–H groups in total. The molecule has 0 bridgehead atoms. The van der Waals surface area contributed by atoms with E-state index in [9.17, 15) is 13.2 Å². The van der Waals surface area contributed by atoms with Gasteiger partial charge in [-0.1, -0.05) is 48.5 Å². The fourth-order valence-corrected chi connectivity index (χ4v) is 4.47. The van der Waals surface area contributed by atoms with Crippen molar-refractivity contribution in [1.29, 1.82) is 0 Å². The van der Waals surface area contributed by atoms with Gasteiger partial charge in [0.15, 0.2) is 6.10 Å². The second kappa shape index (κ2) is 7.40. The van der Waals surface area contributed by atoms with Gasteiger partial charge in [0, 0.05) is 6.54 Å². The largest absolute Gasteiger partial charge is 0.476 e. The number of aryl methyl sites for hydroxylation is 1. The summed E-state index contributed by atoms with van der Waals surface area (Å²) in [5.74, 6) is 0.0470. The Labute approximate surface area is 170 Å². The fourth-order valence-electron chi connectivity index (χ4n) is 3.55. The first kappa shape index (κ1) is 19.3. The normalized spacial score (nSPS) is 16.2. The minimum atomic E-state index is -3.54. The molecule has 3 aromatic carbocycles. The minimum absolute atomic E-state index is 0.0593. The van der Waals surface area contributed by atoms with E-state index in [4.69, 9.17) is 4.74 Å². The van der Waals surface area contributed by atoms with Crippen LogP contribution in [0.1, 0.15) is 11.1 Å². The highest BCUT2D eigenvalue weighted by molar-refractivity contribution is 7.92. The molecular weight excluding hydrogens is 388 g/mol. The minimum Gasteiger partial charge on any atom is -0.476 e. The van der Waals surface area contributed by atoms with Gasteiger partial charge < -0.3 is 10.1 Å². The number of nitrogens with zero attached hydrogens (tertiary/aromatic N) is 1. The lowest BCUT2D eigenvalue weighted by molar-refractivity contribution is -0.127. The molecule has 1 heterocycles. The molecule has 0 saturated heterocycles. The molecular formula is C22H22N2O4S. The molecule has 0 aromatic heterocycles. The first-order valence-electron chi connectivity index (χ1n) is 9.32. The van der Waals surface area contributed by atoms with E-state index in [1.807, 2.05) is 55.5 Å². The maximum absolute atomic E-state index is 12.8. The van der Waals surface area contributed by atoms with Gasteiger partial charge in [-0.05, 0) is 41.0 Å². The lowest BCUT2D eigenvalue weighted by atomic mass is 10.0. The highest BCUT2D eigenvalue weighted by atomic mass is 32.2. The molecule has 29 heavy (non-hydrogen) atoms. The summed E-state index contributed by atoms with van der Waals surface area (Å²) in [5, 5.41) is 5.06. The second-order valence-electron chi connectivity index (χ2n) is 7.23. The van der Waals surface area contributed by atoms with E-state index >= 15 is 0 Å². The van der Waals surface area contributed by atoms with Gasteiger partial charge in [-0.2, -0.15) is 0 Å². The van der Waals surface area contributed by atoms with Crippen molar-refractivity contribution in [3.63, 3.8) is 0 Å². The van der Waals surface area contributed by atoms with Crippen molar-refractivity contribution >= 4 is 32.4 Å². The van der Waals surface area contributed by atoms with E-state index in [1.54, 1.807) is 12.1 Å². The van der Waals surface area contributed by atoms with E-state index in [1.165, 1.54) is 4.31 Å². The fraction of sp³-hybridized carbons (Fsp3) is 0.227. The third-order valence-corrected chi connectivity index (χ3v) is 6.16. The van der Waals surface area contributed by atoms with Gasteiger partial charge in [-0.25, -0.2) is 8.42 Å². The number of fused-ring (bicyclic) bond motifs is 2. The summed E-state index contributed by atoms with van der Waals surface area (Å²) >= 11 is 0. The summed E-state index contributed by atoms with van der Waals surface area (Å²) in [6.45, 7) is 2.16. The molecule has 0 saturated carbocycles. The number of sulfonamides is 1. The number of amides is 1. The quantitative estimate of drug-likeness (QED) is 0.718. The summed E-state index contributed by atoms with van der Waals surface area (Å²) in [5.41, 5.74) is 2.37. The number of carbonyl (C=O) groups excluding carboxylic acids is 1. The predicted molar refractivity (Wildman–Crippen MR) is 114 cm³/mol. The summed E-state index contributed by atoms with van der Waals surface area (Å²) < 4.78 is 31.6. The van der Waals surface area contributed by atoms with E-state index in [0.717, 1.165) is 28.2 Å². The molecule has 6 nitrogen and oxygen atoms in total. The third-order valence-electron chi connectivity index (χ3n) is 5.01. The van der Waals surface area contributed by atoms with Gasteiger partial charge in [-0.15, -0.1) is 0 Å². The highest BCUT2D eigenvalue weighted by Crippen LogP contribution is 2.35. The number of benzene rings is 3. The molecule has 1 amide bonds. The molecule has 0 aliphatic carbocycles. The number of hydrogen-bond acceptors (Lipinski definition) is 4. The van der Waals surface area contributed by atoms with Crippen LogP contribution in [0, 0.1) is 6.92 Å². The Hall–Kier alpha value is -3.06. The smallest absolute Gasteiger partial charge is 0.263 e. The van der Waals surface area contributed by atoms with Crippen LogP contribution >= 0.6 is 0 Å². The predicted octanol–water partition coefficient (Wildman–Crippen LogP) is 2.99. The SMILES string of the molecule is Cc1ccc2c(c1)O[C@@H](C(=O)NCc1cccc3ccccc13)CN2S(C)(=O)=O. The summed E-state index contributed by atoms with van der Waals surface area (Å²) in [7, 11) is -3.54. The van der Waals surface area contributed by atoms with Gasteiger partial charge in [0.2, 0.25) is 10.0 Å². The molecule has 7 heteroatoms. The van der Waals surface area contributed by atoms with Crippen LogP contribution in [0.2, 0.25) is 0 Å². The first-order chi connectivity index (χ1) is 13.8. The number of rotatable bonds is 4. The molecule has 1 aliphatic rings. The van der Waals surface area contributed by atoms with Crippen LogP contribution in [-0.4, -0.2) is 33.2 Å². The zero-order valence-electron chi connectivity index (χ0n) is 16.3. The summed E-state index contributed by atoms with van der Waals surface area (Å²) in [6, 6.07) is 19.2.